The van der Waals surface area contributed by atoms with Gasteiger partial charge in [0.2, 0.25) is 0 Å². The van der Waals surface area contributed by atoms with E-state index >= 15 is 0 Å². The van der Waals surface area contributed by atoms with Gasteiger partial charge in [0.15, 0.2) is 5.78 Å². The average Bonchev–Trinajstić information content (AvgIpc) is 2.91. The molecule has 2 aromatic rings. The minimum Gasteiger partial charge on any atom is -0.492 e. The van der Waals surface area contributed by atoms with Crippen LogP contribution in [-0.2, 0) is 14.3 Å². The van der Waals surface area contributed by atoms with Gasteiger partial charge in [-0.1, -0.05) is 36.7 Å². The Morgan fingerprint density at radius 2 is 1.94 bits per heavy atom. The second-order valence-electron chi connectivity index (χ2n) is 7.81. The number of anilines is 2. The van der Waals surface area contributed by atoms with Crippen molar-refractivity contribution in [2.75, 3.05) is 24.4 Å². The zero-order chi connectivity index (χ0) is 22.1. The first-order chi connectivity index (χ1) is 14.9. The summed E-state index contributed by atoms with van der Waals surface area (Å²) in [6.07, 6.45) is 0.554. The highest BCUT2D eigenvalue weighted by atomic mass is 35.5. The van der Waals surface area contributed by atoms with Crippen molar-refractivity contribution in [1.82, 2.24) is 0 Å². The first-order valence-electron chi connectivity index (χ1n) is 10.3. The molecule has 0 unspecified atom stereocenters. The summed E-state index contributed by atoms with van der Waals surface area (Å²) in [4.78, 5) is 26.1. The Balaban J connectivity index is 1.85. The van der Waals surface area contributed by atoms with Gasteiger partial charge in [-0.25, -0.2) is 0 Å². The van der Waals surface area contributed by atoms with E-state index in [1.54, 1.807) is 12.1 Å². The number of allylic oxidation sites excluding steroid dienone is 1. The molecule has 2 aliphatic rings. The molecule has 0 radical (unpaired) electrons. The summed E-state index contributed by atoms with van der Waals surface area (Å²) in [5.74, 6) is -1.17. The highest BCUT2D eigenvalue weighted by molar-refractivity contribution is 6.32. The van der Waals surface area contributed by atoms with Gasteiger partial charge in [-0.15, -0.1) is 0 Å². The summed E-state index contributed by atoms with van der Waals surface area (Å²) >= 11 is 6.46. The van der Waals surface area contributed by atoms with E-state index in [1.807, 2.05) is 44.2 Å². The van der Waals surface area contributed by atoms with Crippen LogP contribution in [0.4, 0.5) is 11.4 Å². The fourth-order valence-corrected chi connectivity index (χ4v) is 4.60. The maximum absolute atomic E-state index is 13.6. The third-order valence-corrected chi connectivity index (χ3v) is 6.11. The Hall–Kier alpha value is -2.99. The van der Waals surface area contributed by atoms with Gasteiger partial charge in [0.1, 0.15) is 11.7 Å². The number of hydrogen-bond donors (Lipinski definition) is 2. The molecule has 4 rings (SSSR count). The van der Waals surface area contributed by atoms with E-state index in [2.05, 4.69) is 10.6 Å². The molecule has 162 valence electrons. The van der Waals surface area contributed by atoms with E-state index in [0.29, 0.717) is 29.4 Å². The number of para-hydroxylation sites is 2. The summed E-state index contributed by atoms with van der Waals surface area (Å²) < 4.78 is 10.5. The summed E-state index contributed by atoms with van der Waals surface area (Å²) in [7, 11) is 1.31. The van der Waals surface area contributed by atoms with Crippen LogP contribution in [0.15, 0.2) is 53.7 Å². The lowest BCUT2D eigenvalue weighted by molar-refractivity contribution is -0.151. The van der Waals surface area contributed by atoms with Crippen LogP contribution in [0, 0.1) is 11.8 Å². The van der Waals surface area contributed by atoms with Crippen molar-refractivity contribution in [3.8, 4) is 5.75 Å². The van der Waals surface area contributed by atoms with E-state index in [-0.39, 0.29) is 11.7 Å². The second kappa shape index (κ2) is 8.63. The van der Waals surface area contributed by atoms with Crippen LogP contribution in [0.2, 0.25) is 5.02 Å². The van der Waals surface area contributed by atoms with E-state index in [0.717, 1.165) is 22.6 Å². The topological polar surface area (TPSA) is 76.7 Å². The first kappa shape index (κ1) is 21.2. The molecule has 0 fully saturated rings. The first-order valence-corrected chi connectivity index (χ1v) is 10.7. The number of halogens is 1. The molecule has 6 nitrogen and oxygen atoms in total. The molecule has 2 N–H and O–H groups in total. The molecule has 0 saturated carbocycles. The molecule has 0 bridgehead atoms. The van der Waals surface area contributed by atoms with Gasteiger partial charge < -0.3 is 20.1 Å². The van der Waals surface area contributed by atoms with E-state index in [1.165, 1.54) is 7.11 Å². The van der Waals surface area contributed by atoms with Crippen LogP contribution in [0.1, 0.15) is 31.9 Å². The number of ether oxygens (including phenoxy) is 2. The number of nitrogens with one attached hydrogen (secondary N) is 2. The van der Waals surface area contributed by atoms with Crippen molar-refractivity contribution in [2.45, 2.75) is 26.3 Å². The largest absolute Gasteiger partial charge is 0.492 e. The highest BCUT2D eigenvalue weighted by Crippen LogP contribution is 2.44. The van der Waals surface area contributed by atoms with Crippen molar-refractivity contribution in [3.05, 3.63) is 64.3 Å². The van der Waals surface area contributed by atoms with E-state index in [4.69, 9.17) is 21.1 Å². The predicted octanol–water partition coefficient (Wildman–Crippen LogP) is 4.97. The number of ketones is 1. The maximum atomic E-state index is 13.6. The van der Waals surface area contributed by atoms with Crippen LogP contribution in [0.25, 0.3) is 0 Å². The minimum atomic E-state index is -0.839. The van der Waals surface area contributed by atoms with Gasteiger partial charge >= 0.3 is 5.97 Å². The van der Waals surface area contributed by atoms with Gasteiger partial charge in [0.05, 0.1) is 36.2 Å². The molecular formula is C24H25ClN2O4. The highest BCUT2D eigenvalue weighted by Gasteiger charge is 2.44. The van der Waals surface area contributed by atoms with Gasteiger partial charge in [-0.05, 0) is 49.1 Å². The molecule has 1 heterocycles. The SMILES string of the molecule is CCOc1ccc([C@H]2Nc3ccccc3NC3=C2C(=O)[C@H](C(=O)OC)[C@@H](C)C3)cc1Cl. The zero-order valence-electron chi connectivity index (χ0n) is 17.7. The third-order valence-electron chi connectivity index (χ3n) is 5.81. The molecular weight excluding hydrogens is 416 g/mol. The molecule has 2 aromatic carbocycles. The van der Waals surface area contributed by atoms with Crippen molar-refractivity contribution >= 4 is 34.7 Å². The number of hydrogen-bond acceptors (Lipinski definition) is 6. The lowest BCUT2D eigenvalue weighted by atomic mass is 9.75. The molecule has 3 atom stereocenters. The number of carbonyl (C=O) groups is 2. The van der Waals surface area contributed by atoms with Gasteiger partial charge in [-0.2, -0.15) is 0 Å². The fourth-order valence-electron chi connectivity index (χ4n) is 4.35. The summed E-state index contributed by atoms with van der Waals surface area (Å²) in [6, 6.07) is 12.8. The molecule has 0 amide bonds. The number of rotatable bonds is 4. The Labute approximate surface area is 186 Å². The Morgan fingerprint density at radius 3 is 2.61 bits per heavy atom. The fraction of sp³-hybridized carbons (Fsp3) is 0.333. The standard InChI is InChI=1S/C24H25ClN2O4/c1-4-31-19-10-9-14(12-15(19)25)22-21-18(26-16-7-5-6-8-17(16)27-22)11-13(2)20(23(21)28)24(29)30-3/h5-10,12-13,20,22,26-27H,4,11H2,1-3H3/t13-,20+,22+/m0/s1. The molecule has 7 heteroatoms. The Morgan fingerprint density at radius 1 is 1.19 bits per heavy atom. The van der Waals surface area contributed by atoms with Crippen LogP contribution in [-0.4, -0.2) is 25.5 Å². The minimum absolute atomic E-state index is 0.180. The summed E-state index contributed by atoms with van der Waals surface area (Å²) in [6.45, 7) is 4.30. The molecule has 0 saturated heterocycles. The van der Waals surface area contributed by atoms with Crippen molar-refractivity contribution in [1.29, 1.82) is 0 Å². The summed E-state index contributed by atoms with van der Waals surface area (Å²) in [5, 5.41) is 7.38. The normalized spacial score (nSPS) is 22.5. The van der Waals surface area contributed by atoms with Gasteiger partial charge in [0, 0.05) is 11.3 Å². The number of fused-ring (bicyclic) bond motifs is 1. The number of benzene rings is 2. The Kier molecular flexibility index (Phi) is 5.92. The molecule has 0 aromatic heterocycles. The number of Topliss-reactive ketones (excluding diaryl/α,β-unsaturated/α-hetero) is 1. The monoisotopic (exact) mass is 440 g/mol. The quantitative estimate of drug-likeness (QED) is 0.516. The summed E-state index contributed by atoms with van der Waals surface area (Å²) in [5.41, 5.74) is 3.90. The van der Waals surface area contributed by atoms with E-state index < -0.39 is 17.9 Å². The smallest absolute Gasteiger partial charge is 0.316 e. The lowest BCUT2D eigenvalue weighted by Crippen LogP contribution is -2.39. The average molecular weight is 441 g/mol. The van der Waals surface area contributed by atoms with Crippen molar-refractivity contribution in [3.63, 3.8) is 0 Å². The van der Waals surface area contributed by atoms with Gasteiger partial charge in [-0.3, -0.25) is 9.59 Å². The van der Waals surface area contributed by atoms with Gasteiger partial charge in [0.25, 0.3) is 0 Å². The van der Waals surface area contributed by atoms with Crippen molar-refractivity contribution in [2.24, 2.45) is 11.8 Å². The van der Waals surface area contributed by atoms with Crippen LogP contribution >= 0.6 is 11.6 Å². The zero-order valence-corrected chi connectivity index (χ0v) is 18.5. The number of methoxy groups -OCH3 is 1. The van der Waals surface area contributed by atoms with Crippen LogP contribution in [0.3, 0.4) is 0 Å². The Bertz CT molecular complexity index is 1070. The second-order valence-corrected chi connectivity index (χ2v) is 8.22. The van der Waals surface area contributed by atoms with Crippen LogP contribution < -0.4 is 15.4 Å². The van der Waals surface area contributed by atoms with Crippen LogP contribution in [0.5, 0.6) is 5.75 Å². The third kappa shape index (κ3) is 3.88. The molecule has 1 aliphatic heterocycles. The number of carbonyl (C=O) groups excluding carboxylic acids is 2. The molecule has 1 aliphatic carbocycles. The molecule has 0 spiro atoms. The van der Waals surface area contributed by atoms with E-state index in [9.17, 15) is 9.59 Å². The molecule has 31 heavy (non-hydrogen) atoms. The lowest BCUT2D eigenvalue weighted by Gasteiger charge is -2.32. The number of esters is 1. The maximum Gasteiger partial charge on any atom is 0.316 e. The predicted molar refractivity (Wildman–Crippen MR) is 120 cm³/mol. The van der Waals surface area contributed by atoms with Crippen molar-refractivity contribution < 1.29 is 19.1 Å².